The normalized spacial score (nSPS) is 29.5. The maximum absolute atomic E-state index is 12.4. The summed E-state index contributed by atoms with van der Waals surface area (Å²) in [5, 5.41) is 9.67. The minimum absolute atomic E-state index is 0.168. The largest absolute Gasteiger partial charge is 0.508 e. The predicted molar refractivity (Wildman–Crippen MR) is 74.3 cm³/mol. The number of carbonyl (C=O) groups is 1. The van der Waals surface area contributed by atoms with E-state index in [1.165, 1.54) is 0 Å². The quantitative estimate of drug-likeness (QED) is 0.846. The molecule has 2 heterocycles. The number of aromatic hydroxyl groups is 1. The molecule has 1 aromatic rings. The number of phenols is 1. The highest BCUT2D eigenvalue weighted by Gasteiger charge is 2.42. The third kappa shape index (κ3) is 2.57. The summed E-state index contributed by atoms with van der Waals surface area (Å²) in [5.41, 5.74) is 0.873. The molecule has 2 fully saturated rings. The number of phenolic OH excluding ortho intramolecular Hbond substituents is 1. The number of amides is 1. The number of nitrogens with zero attached hydrogens (tertiary/aromatic N) is 1. The van der Waals surface area contributed by atoms with E-state index >= 15 is 0 Å². The molecule has 2 saturated heterocycles. The molecular formula is C15H18ClNO2. The van der Waals surface area contributed by atoms with E-state index in [2.05, 4.69) is 0 Å². The lowest BCUT2D eigenvalue weighted by Gasteiger charge is -2.37. The third-order valence-corrected chi connectivity index (χ3v) is 4.59. The summed E-state index contributed by atoms with van der Waals surface area (Å²) in [4.78, 5) is 14.5. The highest BCUT2D eigenvalue weighted by Crippen LogP contribution is 2.38. The van der Waals surface area contributed by atoms with Crippen LogP contribution in [0.25, 0.3) is 0 Å². The van der Waals surface area contributed by atoms with Gasteiger partial charge in [0, 0.05) is 17.5 Å². The summed E-state index contributed by atoms with van der Waals surface area (Å²) >= 11 is 6.23. The van der Waals surface area contributed by atoms with Crippen molar-refractivity contribution < 1.29 is 9.90 Å². The lowest BCUT2D eigenvalue weighted by molar-refractivity contribution is -0.134. The summed E-state index contributed by atoms with van der Waals surface area (Å²) in [6.45, 7) is 0. The van der Waals surface area contributed by atoms with Crippen molar-refractivity contribution in [1.29, 1.82) is 0 Å². The van der Waals surface area contributed by atoms with Gasteiger partial charge >= 0.3 is 0 Å². The molecule has 3 rings (SSSR count). The summed E-state index contributed by atoms with van der Waals surface area (Å²) in [6, 6.07) is 7.59. The molecule has 1 amide bonds. The molecule has 2 aliphatic heterocycles. The Morgan fingerprint density at radius 1 is 1.32 bits per heavy atom. The van der Waals surface area contributed by atoms with Crippen LogP contribution in [0.5, 0.6) is 5.75 Å². The Hall–Kier alpha value is -1.22. The molecule has 19 heavy (non-hydrogen) atoms. The van der Waals surface area contributed by atoms with Gasteiger partial charge in [0.2, 0.25) is 5.91 Å². The zero-order valence-electron chi connectivity index (χ0n) is 10.8. The van der Waals surface area contributed by atoms with Gasteiger partial charge in [-0.2, -0.15) is 0 Å². The fourth-order valence-electron chi connectivity index (χ4n) is 3.45. The summed E-state index contributed by atoms with van der Waals surface area (Å²) < 4.78 is 0. The molecule has 0 spiro atoms. The van der Waals surface area contributed by atoms with Gasteiger partial charge in [-0.3, -0.25) is 4.79 Å². The monoisotopic (exact) mass is 279 g/mol. The van der Waals surface area contributed by atoms with Gasteiger partial charge in [0.05, 0.1) is 6.42 Å². The van der Waals surface area contributed by atoms with Gasteiger partial charge in [-0.05, 0) is 43.4 Å². The van der Waals surface area contributed by atoms with Crippen LogP contribution in [-0.4, -0.2) is 33.4 Å². The topological polar surface area (TPSA) is 40.5 Å². The maximum atomic E-state index is 12.4. The van der Waals surface area contributed by atoms with E-state index in [0.717, 1.165) is 31.2 Å². The molecule has 0 saturated carbocycles. The van der Waals surface area contributed by atoms with E-state index in [0.29, 0.717) is 18.5 Å². The molecule has 2 unspecified atom stereocenters. The highest BCUT2D eigenvalue weighted by atomic mass is 35.5. The number of fused-ring (bicyclic) bond motifs is 2. The second-order valence-electron chi connectivity index (χ2n) is 5.60. The first-order chi connectivity index (χ1) is 9.13. The molecule has 2 bridgehead atoms. The Morgan fingerprint density at radius 2 is 2.00 bits per heavy atom. The third-order valence-electron chi connectivity index (χ3n) is 4.23. The maximum Gasteiger partial charge on any atom is 0.227 e. The van der Waals surface area contributed by atoms with Crippen molar-refractivity contribution in [3.05, 3.63) is 29.8 Å². The van der Waals surface area contributed by atoms with Crippen molar-refractivity contribution in [2.45, 2.75) is 49.6 Å². The SMILES string of the molecule is O=C(Cc1cccc(O)c1)N1C2CCC1CC(Cl)C2. The zero-order chi connectivity index (χ0) is 13.4. The standard InChI is InChI=1S/C15H18ClNO2/c16-11-8-12-4-5-13(9-11)17(12)15(19)7-10-2-1-3-14(18)6-10/h1-3,6,11-13,18H,4-5,7-9H2. The van der Waals surface area contributed by atoms with Gasteiger partial charge in [0.25, 0.3) is 0 Å². The van der Waals surface area contributed by atoms with Gasteiger partial charge in [0.15, 0.2) is 0 Å². The molecule has 0 radical (unpaired) electrons. The first-order valence-electron chi connectivity index (χ1n) is 6.86. The molecular weight excluding hydrogens is 262 g/mol. The van der Waals surface area contributed by atoms with Crippen LogP contribution in [0, 0.1) is 0 Å². The molecule has 2 atom stereocenters. The molecule has 2 aliphatic rings. The number of alkyl halides is 1. The van der Waals surface area contributed by atoms with Crippen LogP contribution < -0.4 is 0 Å². The number of rotatable bonds is 2. The second kappa shape index (κ2) is 5.04. The van der Waals surface area contributed by atoms with Crippen molar-refractivity contribution in [2.75, 3.05) is 0 Å². The molecule has 0 aliphatic carbocycles. The van der Waals surface area contributed by atoms with Crippen LogP contribution in [0.3, 0.4) is 0 Å². The smallest absolute Gasteiger partial charge is 0.227 e. The Morgan fingerprint density at radius 3 is 2.63 bits per heavy atom. The fourth-order valence-corrected chi connectivity index (χ4v) is 3.86. The van der Waals surface area contributed by atoms with Gasteiger partial charge < -0.3 is 10.0 Å². The first kappa shape index (κ1) is 12.8. The van der Waals surface area contributed by atoms with E-state index < -0.39 is 0 Å². The Balaban J connectivity index is 1.71. The highest BCUT2D eigenvalue weighted by molar-refractivity contribution is 6.20. The molecule has 1 aromatic carbocycles. The van der Waals surface area contributed by atoms with E-state index in [9.17, 15) is 9.90 Å². The first-order valence-corrected chi connectivity index (χ1v) is 7.30. The Labute approximate surface area is 118 Å². The van der Waals surface area contributed by atoms with Gasteiger partial charge in [-0.15, -0.1) is 11.6 Å². The average Bonchev–Trinajstić information content (AvgIpc) is 2.62. The van der Waals surface area contributed by atoms with Crippen LogP contribution >= 0.6 is 11.6 Å². The van der Waals surface area contributed by atoms with Crippen molar-refractivity contribution in [1.82, 2.24) is 4.90 Å². The van der Waals surface area contributed by atoms with E-state index in [1.807, 2.05) is 11.0 Å². The number of hydrogen-bond acceptors (Lipinski definition) is 2. The number of benzene rings is 1. The molecule has 102 valence electrons. The fraction of sp³-hybridized carbons (Fsp3) is 0.533. The van der Waals surface area contributed by atoms with Gasteiger partial charge in [0.1, 0.15) is 5.75 Å². The number of carbonyl (C=O) groups excluding carboxylic acids is 1. The minimum Gasteiger partial charge on any atom is -0.508 e. The Bertz CT molecular complexity index is 477. The van der Waals surface area contributed by atoms with Crippen molar-refractivity contribution in [3.8, 4) is 5.75 Å². The number of hydrogen-bond donors (Lipinski definition) is 1. The van der Waals surface area contributed by atoms with Crippen LogP contribution in [-0.2, 0) is 11.2 Å². The lowest BCUT2D eigenvalue weighted by Crippen LogP contribution is -2.47. The van der Waals surface area contributed by atoms with Crippen LogP contribution in [0.15, 0.2) is 24.3 Å². The van der Waals surface area contributed by atoms with Crippen LogP contribution in [0.1, 0.15) is 31.2 Å². The molecule has 4 heteroatoms. The summed E-state index contributed by atoms with van der Waals surface area (Å²) in [5.74, 6) is 0.384. The molecule has 0 aromatic heterocycles. The minimum atomic E-state index is 0.168. The summed E-state index contributed by atoms with van der Waals surface area (Å²) in [7, 11) is 0. The number of halogens is 1. The van der Waals surface area contributed by atoms with Crippen LogP contribution in [0.2, 0.25) is 0 Å². The van der Waals surface area contributed by atoms with Crippen LogP contribution in [0.4, 0.5) is 0 Å². The van der Waals surface area contributed by atoms with E-state index in [-0.39, 0.29) is 17.0 Å². The molecule has 3 nitrogen and oxygen atoms in total. The predicted octanol–water partition coefficient (Wildman–Crippen LogP) is 2.70. The van der Waals surface area contributed by atoms with Gasteiger partial charge in [-0.25, -0.2) is 0 Å². The van der Waals surface area contributed by atoms with Crippen molar-refractivity contribution in [2.24, 2.45) is 0 Å². The molecule has 1 N–H and O–H groups in total. The zero-order valence-corrected chi connectivity index (χ0v) is 11.5. The van der Waals surface area contributed by atoms with E-state index in [1.54, 1.807) is 18.2 Å². The summed E-state index contributed by atoms with van der Waals surface area (Å²) in [6.07, 6.45) is 4.38. The van der Waals surface area contributed by atoms with Gasteiger partial charge in [-0.1, -0.05) is 12.1 Å². The second-order valence-corrected chi connectivity index (χ2v) is 6.22. The Kier molecular flexibility index (Phi) is 3.40. The van der Waals surface area contributed by atoms with E-state index in [4.69, 9.17) is 11.6 Å². The van der Waals surface area contributed by atoms with Crippen molar-refractivity contribution >= 4 is 17.5 Å². The lowest BCUT2D eigenvalue weighted by atomic mass is 10.0. The average molecular weight is 280 g/mol. The van der Waals surface area contributed by atoms with Crippen molar-refractivity contribution in [3.63, 3.8) is 0 Å². The number of piperidine rings is 1.